The molecule has 2 aliphatic heterocycles. The van der Waals surface area contributed by atoms with Gasteiger partial charge in [-0.25, -0.2) is 9.97 Å². The average Bonchev–Trinajstić information content (AvgIpc) is 2.97. The van der Waals surface area contributed by atoms with Crippen molar-refractivity contribution < 1.29 is 9.47 Å². The van der Waals surface area contributed by atoms with E-state index < -0.39 is 0 Å². The van der Waals surface area contributed by atoms with Crippen LogP contribution in [0.1, 0.15) is 12.1 Å². The molecule has 1 spiro atoms. The predicted molar refractivity (Wildman–Crippen MR) is 97.6 cm³/mol. The molecule has 2 atom stereocenters. The summed E-state index contributed by atoms with van der Waals surface area (Å²) in [6.45, 7) is 5.55. The topological polar surface area (TPSA) is 72.4 Å². The van der Waals surface area contributed by atoms with Gasteiger partial charge in [-0.05, 0) is 24.6 Å². The minimum atomic E-state index is -0.227. The van der Waals surface area contributed by atoms with Gasteiger partial charge in [0.2, 0.25) is 5.95 Å². The maximum Gasteiger partial charge on any atom is 0.222 e. The molecule has 1 N–H and O–H groups in total. The van der Waals surface area contributed by atoms with E-state index in [0.717, 1.165) is 51.5 Å². The van der Waals surface area contributed by atoms with E-state index in [2.05, 4.69) is 31.2 Å². The van der Waals surface area contributed by atoms with Crippen molar-refractivity contribution in [2.45, 2.75) is 18.6 Å². The van der Waals surface area contributed by atoms with Crippen molar-refractivity contribution in [3.05, 3.63) is 48.5 Å². The van der Waals surface area contributed by atoms with E-state index in [1.54, 1.807) is 12.4 Å². The third-order valence-electron chi connectivity index (χ3n) is 4.94. The molecule has 4 heterocycles. The van der Waals surface area contributed by atoms with Gasteiger partial charge in [0.05, 0.1) is 25.5 Å². The van der Waals surface area contributed by atoms with E-state index in [4.69, 9.17) is 9.47 Å². The minimum Gasteiger partial charge on any atom is -0.377 e. The quantitative estimate of drug-likeness (QED) is 0.873. The average molecular weight is 355 g/mol. The highest BCUT2D eigenvalue weighted by Gasteiger charge is 2.43. The number of aromatic nitrogens is 3. The van der Waals surface area contributed by atoms with E-state index in [1.807, 2.05) is 24.4 Å². The number of nitrogens with zero attached hydrogens (tertiary/aromatic N) is 4. The van der Waals surface area contributed by atoms with Crippen LogP contribution in [0.2, 0.25) is 0 Å². The second-order valence-electron chi connectivity index (χ2n) is 7.10. The molecule has 0 aliphatic carbocycles. The van der Waals surface area contributed by atoms with Crippen molar-refractivity contribution in [1.82, 2.24) is 19.9 Å². The summed E-state index contributed by atoms with van der Waals surface area (Å²) >= 11 is 0. The summed E-state index contributed by atoms with van der Waals surface area (Å²) in [6.07, 6.45) is 6.32. The molecule has 2 aromatic rings. The van der Waals surface area contributed by atoms with E-state index in [-0.39, 0.29) is 5.60 Å². The van der Waals surface area contributed by atoms with Crippen LogP contribution in [-0.4, -0.2) is 64.9 Å². The van der Waals surface area contributed by atoms with Crippen LogP contribution in [0, 0.1) is 5.92 Å². The normalized spacial score (nSPS) is 26.7. The van der Waals surface area contributed by atoms with Crippen LogP contribution < -0.4 is 5.32 Å². The van der Waals surface area contributed by atoms with E-state index >= 15 is 0 Å². The van der Waals surface area contributed by atoms with E-state index in [0.29, 0.717) is 18.5 Å². The Hall–Kier alpha value is -2.09. The molecule has 2 saturated heterocycles. The van der Waals surface area contributed by atoms with Crippen molar-refractivity contribution in [1.29, 1.82) is 0 Å². The Labute approximate surface area is 153 Å². The van der Waals surface area contributed by atoms with Gasteiger partial charge in [0.1, 0.15) is 5.60 Å². The molecule has 4 rings (SSSR count). The Balaban J connectivity index is 1.34. The van der Waals surface area contributed by atoms with Gasteiger partial charge in [0.15, 0.2) is 0 Å². The molecule has 2 aromatic heterocycles. The lowest BCUT2D eigenvalue weighted by molar-refractivity contribution is -0.0563. The number of pyridine rings is 1. The van der Waals surface area contributed by atoms with Crippen molar-refractivity contribution in [2.75, 3.05) is 44.8 Å². The summed E-state index contributed by atoms with van der Waals surface area (Å²) in [5, 5.41) is 3.31. The Kier molecular flexibility index (Phi) is 5.38. The fourth-order valence-corrected chi connectivity index (χ4v) is 3.75. The van der Waals surface area contributed by atoms with Gasteiger partial charge in [-0.2, -0.15) is 0 Å². The molecule has 0 amide bonds. The fraction of sp³-hybridized carbons (Fsp3) is 0.526. The zero-order chi connectivity index (χ0) is 17.7. The monoisotopic (exact) mass is 355 g/mol. The molecule has 7 heteroatoms. The Morgan fingerprint density at radius 3 is 2.88 bits per heavy atom. The third kappa shape index (κ3) is 4.35. The zero-order valence-electron chi connectivity index (χ0n) is 14.9. The van der Waals surface area contributed by atoms with Crippen molar-refractivity contribution in [3.8, 4) is 0 Å². The van der Waals surface area contributed by atoms with Gasteiger partial charge in [0, 0.05) is 50.7 Å². The molecule has 138 valence electrons. The molecule has 0 bridgehead atoms. The van der Waals surface area contributed by atoms with Gasteiger partial charge in [-0.1, -0.05) is 6.07 Å². The van der Waals surface area contributed by atoms with Gasteiger partial charge < -0.3 is 14.8 Å². The fourth-order valence-electron chi connectivity index (χ4n) is 3.75. The minimum absolute atomic E-state index is 0.227. The molecule has 2 aliphatic rings. The second-order valence-corrected chi connectivity index (χ2v) is 7.10. The number of rotatable bonds is 5. The van der Waals surface area contributed by atoms with Gasteiger partial charge >= 0.3 is 0 Å². The van der Waals surface area contributed by atoms with Crippen LogP contribution in [0.3, 0.4) is 0 Å². The first-order valence-corrected chi connectivity index (χ1v) is 9.16. The molecule has 0 saturated carbocycles. The van der Waals surface area contributed by atoms with Crippen LogP contribution in [0.25, 0.3) is 0 Å². The first kappa shape index (κ1) is 17.3. The number of hydrogen-bond donors (Lipinski definition) is 1. The number of ether oxygens (including phenoxy) is 2. The summed E-state index contributed by atoms with van der Waals surface area (Å²) < 4.78 is 12.1. The number of nitrogens with one attached hydrogen (secondary N) is 1. The van der Waals surface area contributed by atoms with Crippen LogP contribution >= 0.6 is 0 Å². The van der Waals surface area contributed by atoms with Gasteiger partial charge in [-0.15, -0.1) is 0 Å². The first-order valence-electron chi connectivity index (χ1n) is 9.16. The molecular weight excluding hydrogens is 330 g/mol. The number of anilines is 1. The smallest absolute Gasteiger partial charge is 0.222 e. The maximum atomic E-state index is 6.26. The van der Waals surface area contributed by atoms with Crippen LogP contribution in [0.15, 0.2) is 42.9 Å². The third-order valence-corrected chi connectivity index (χ3v) is 4.94. The Bertz CT molecular complexity index is 687. The Morgan fingerprint density at radius 1 is 1.15 bits per heavy atom. The first-order chi connectivity index (χ1) is 12.8. The molecule has 26 heavy (non-hydrogen) atoms. The lowest BCUT2D eigenvalue weighted by Gasteiger charge is -2.31. The molecular formula is C19H25N5O2. The van der Waals surface area contributed by atoms with Gasteiger partial charge in [0.25, 0.3) is 0 Å². The lowest BCUT2D eigenvalue weighted by Crippen LogP contribution is -2.44. The molecule has 0 unspecified atom stereocenters. The molecule has 0 radical (unpaired) electrons. The van der Waals surface area contributed by atoms with Crippen molar-refractivity contribution in [3.63, 3.8) is 0 Å². The van der Waals surface area contributed by atoms with Gasteiger partial charge in [-0.3, -0.25) is 9.88 Å². The highest BCUT2D eigenvalue weighted by molar-refractivity contribution is 5.22. The van der Waals surface area contributed by atoms with Crippen molar-refractivity contribution in [2.24, 2.45) is 5.92 Å². The van der Waals surface area contributed by atoms with E-state index in [1.165, 1.54) is 0 Å². The Morgan fingerprint density at radius 2 is 2.04 bits per heavy atom. The predicted octanol–water partition coefficient (Wildman–Crippen LogP) is 1.59. The van der Waals surface area contributed by atoms with Crippen LogP contribution in [0.5, 0.6) is 0 Å². The highest BCUT2D eigenvalue weighted by atomic mass is 16.5. The SMILES string of the molecule is c1ccc(CN2CCOC[C@@]3(C[C@H](CNc4ncccn4)CO3)C2)nc1. The largest absolute Gasteiger partial charge is 0.377 e. The number of hydrogen-bond acceptors (Lipinski definition) is 7. The molecule has 7 nitrogen and oxygen atoms in total. The second kappa shape index (κ2) is 8.07. The summed E-state index contributed by atoms with van der Waals surface area (Å²) in [5.74, 6) is 1.10. The summed E-state index contributed by atoms with van der Waals surface area (Å²) in [7, 11) is 0. The summed E-state index contributed by atoms with van der Waals surface area (Å²) in [6, 6.07) is 7.87. The molecule has 0 aromatic carbocycles. The van der Waals surface area contributed by atoms with Crippen LogP contribution in [0.4, 0.5) is 5.95 Å². The zero-order valence-corrected chi connectivity index (χ0v) is 14.9. The van der Waals surface area contributed by atoms with E-state index in [9.17, 15) is 0 Å². The summed E-state index contributed by atoms with van der Waals surface area (Å²) in [5.41, 5.74) is 0.858. The van der Waals surface area contributed by atoms with Crippen molar-refractivity contribution >= 4 is 5.95 Å². The standard InChI is InChI=1S/C19H25N5O2/c1-2-5-20-17(4-1)12-24-8-9-25-15-19(14-24)10-16(13-26-19)11-23-18-21-6-3-7-22-18/h1-7,16H,8-15H2,(H,21,22,23)/t16-,19-/m1/s1. The summed E-state index contributed by atoms with van der Waals surface area (Å²) in [4.78, 5) is 15.3. The van der Waals surface area contributed by atoms with Crippen LogP contribution in [-0.2, 0) is 16.0 Å². The highest BCUT2D eigenvalue weighted by Crippen LogP contribution is 2.33. The lowest BCUT2D eigenvalue weighted by atomic mass is 9.94. The molecule has 2 fully saturated rings. The maximum absolute atomic E-state index is 6.26.